The summed E-state index contributed by atoms with van der Waals surface area (Å²) in [5, 5.41) is 11.8. The normalized spacial score (nSPS) is 10.7. The summed E-state index contributed by atoms with van der Waals surface area (Å²) in [6.45, 7) is 4.83. The van der Waals surface area contributed by atoms with E-state index in [0.717, 1.165) is 17.9 Å². The second kappa shape index (κ2) is 11.1. The standard InChI is InChI=1S/C18H24N2O3/c1-3-5-6-7-12-23-17-10-8-16(9-11-17)20-14-15(13-19)18(21)22-4-2/h8-11,14,20H,3-7,12H2,1-2H3/b15-14-. The van der Waals surface area contributed by atoms with Gasteiger partial charge in [0, 0.05) is 11.9 Å². The van der Waals surface area contributed by atoms with Gasteiger partial charge < -0.3 is 14.8 Å². The second-order valence-electron chi connectivity index (χ2n) is 4.97. The number of carbonyl (C=O) groups excluding carboxylic acids is 1. The third kappa shape index (κ3) is 7.37. The fourth-order valence-corrected chi connectivity index (χ4v) is 1.87. The number of carbonyl (C=O) groups is 1. The third-order valence-corrected chi connectivity index (χ3v) is 3.12. The van der Waals surface area contributed by atoms with Crippen LogP contribution in [0.15, 0.2) is 36.0 Å². The third-order valence-electron chi connectivity index (χ3n) is 3.12. The zero-order valence-electron chi connectivity index (χ0n) is 13.8. The van der Waals surface area contributed by atoms with Gasteiger partial charge in [0.05, 0.1) is 13.2 Å². The highest BCUT2D eigenvalue weighted by atomic mass is 16.5. The van der Waals surface area contributed by atoms with Crippen LogP contribution >= 0.6 is 0 Å². The van der Waals surface area contributed by atoms with E-state index < -0.39 is 5.97 Å². The lowest BCUT2D eigenvalue weighted by molar-refractivity contribution is -0.138. The van der Waals surface area contributed by atoms with Crippen molar-refractivity contribution in [3.8, 4) is 11.8 Å². The number of hydrogen-bond acceptors (Lipinski definition) is 5. The van der Waals surface area contributed by atoms with E-state index >= 15 is 0 Å². The molecule has 0 bridgehead atoms. The predicted octanol–water partition coefficient (Wildman–Crippen LogP) is 4.03. The number of unbranched alkanes of at least 4 members (excludes halogenated alkanes) is 3. The maximum absolute atomic E-state index is 11.5. The van der Waals surface area contributed by atoms with Crippen molar-refractivity contribution in [2.45, 2.75) is 39.5 Å². The van der Waals surface area contributed by atoms with E-state index in [1.54, 1.807) is 6.92 Å². The van der Waals surface area contributed by atoms with Crippen molar-refractivity contribution >= 4 is 11.7 Å². The highest BCUT2D eigenvalue weighted by Crippen LogP contribution is 2.16. The van der Waals surface area contributed by atoms with E-state index in [0.29, 0.717) is 6.61 Å². The molecule has 1 aromatic rings. The summed E-state index contributed by atoms with van der Waals surface area (Å²) in [6.07, 6.45) is 6.04. The first-order valence-electron chi connectivity index (χ1n) is 7.98. The average Bonchev–Trinajstić information content (AvgIpc) is 2.57. The Balaban J connectivity index is 2.47. The fraction of sp³-hybridized carbons (Fsp3) is 0.444. The number of rotatable bonds is 10. The quantitative estimate of drug-likeness (QED) is 0.305. The summed E-state index contributed by atoms with van der Waals surface area (Å²) >= 11 is 0. The molecule has 124 valence electrons. The van der Waals surface area contributed by atoms with E-state index in [9.17, 15) is 4.79 Å². The molecule has 1 N–H and O–H groups in total. The molecule has 0 heterocycles. The minimum absolute atomic E-state index is 0.0666. The van der Waals surface area contributed by atoms with Gasteiger partial charge in [-0.1, -0.05) is 26.2 Å². The molecule has 0 saturated carbocycles. The Morgan fingerprint density at radius 1 is 1.22 bits per heavy atom. The number of nitrogens with one attached hydrogen (secondary N) is 1. The number of esters is 1. The van der Waals surface area contributed by atoms with E-state index in [2.05, 4.69) is 12.2 Å². The first-order valence-corrected chi connectivity index (χ1v) is 7.98. The molecule has 1 rings (SSSR count). The molecular formula is C18H24N2O3. The molecule has 0 fully saturated rings. The van der Waals surface area contributed by atoms with Gasteiger partial charge in [0.15, 0.2) is 5.57 Å². The molecule has 0 amide bonds. The van der Waals surface area contributed by atoms with Crippen molar-refractivity contribution in [1.82, 2.24) is 0 Å². The molecule has 23 heavy (non-hydrogen) atoms. The number of anilines is 1. The summed E-state index contributed by atoms with van der Waals surface area (Å²) < 4.78 is 10.4. The van der Waals surface area contributed by atoms with Crippen LogP contribution in [0.3, 0.4) is 0 Å². The number of nitrogens with zero attached hydrogens (tertiary/aromatic N) is 1. The Bertz CT molecular complexity index is 544. The van der Waals surface area contributed by atoms with Gasteiger partial charge in [0.1, 0.15) is 11.8 Å². The van der Waals surface area contributed by atoms with Gasteiger partial charge in [-0.15, -0.1) is 0 Å². The van der Waals surface area contributed by atoms with Crippen LogP contribution in [0.4, 0.5) is 5.69 Å². The molecule has 0 radical (unpaired) electrons. The molecule has 1 aromatic carbocycles. The van der Waals surface area contributed by atoms with Crippen LogP contribution in [0.2, 0.25) is 0 Å². The first kappa shape index (κ1) is 18.6. The van der Waals surface area contributed by atoms with E-state index in [4.69, 9.17) is 14.7 Å². The lowest BCUT2D eigenvalue weighted by Gasteiger charge is -2.07. The van der Waals surface area contributed by atoms with Gasteiger partial charge in [-0.25, -0.2) is 4.79 Å². The molecule has 0 aliphatic carbocycles. The molecule has 0 atom stereocenters. The van der Waals surface area contributed by atoms with Crippen molar-refractivity contribution in [3.63, 3.8) is 0 Å². The minimum atomic E-state index is -0.630. The van der Waals surface area contributed by atoms with Crippen molar-refractivity contribution in [2.24, 2.45) is 0 Å². The molecule has 0 unspecified atom stereocenters. The molecule has 5 nitrogen and oxygen atoms in total. The van der Waals surface area contributed by atoms with Gasteiger partial charge >= 0.3 is 5.97 Å². The van der Waals surface area contributed by atoms with E-state index in [1.807, 2.05) is 30.3 Å². The molecule has 5 heteroatoms. The summed E-state index contributed by atoms with van der Waals surface area (Å²) in [7, 11) is 0. The van der Waals surface area contributed by atoms with Crippen molar-refractivity contribution < 1.29 is 14.3 Å². The number of ether oxygens (including phenoxy) is 2. The van der Waals surface area contributed by atoms with Crippen molar-refractivity contribution in [3.05, 3.63) is 36.0 Å². The second-order valence-corrected chi connectivity index (χ2v) is 4.97. The topological polar surface area (TPSA) is 71.3 Å². The van der Waals surface area contributed by atoms with Gasteiger partial charge in [-0.2, -0.15) is 5.26 Å². The number of nitriles is 1. The summed E-state index contributed by atoms with van der Waals surface area (Å²) in [4.78, 5) is 11.5. The monoisotopic (exact) mass is 316 g/mol. The van der Waals surface area contributed by atoms with Gasteiger partial charge in [0.2, 0.25) is 0 Å². The summed E-state index contributed by atoms with van der Waals surface area (Å²) in [6, 6.07) is 9.18. The first-order chi connectivity index (χ1) is 11.2. The lowest BCUT2D eigenvalue weighted by Crippen LogP contribution is -2.07. The number of hydrogen-bond donors (Lipinski definition) is 1. The van der Waals surface area contributed by atoms with Crippen LogP contribution in [0.5, 0.6) is 5.75 Å². The Labute approximate surface area is 137 Å². The maximum atomic E-state index is 11.5. The SMILES string of the molecule is CCCCCCOc1ccc(N/C=C(/C#N)C(=O)OCC)cc1. The van der Waals surface area contributed by atoms with Crippen molar-refractivity contribution in [1.29, 1.82) is 5.26 Å². The van der Waals surface area contributed by atoms with Gasteiger partial charge in [0.25, 0.3) is 0 Å². The van der Waals surface area contributed by atoms with Crippen LogP contribution in [-0.2, 0) is 9.53 Å². The summed E-state index contributed by atoms with van der Waals surface area (Å²) in [5.41, 5.74) is 0.698. The van der Waals surface area contributed by atoms with Gasteiger partial charge in [-0.05, 0) is 37.6 Å². The highest BCUT2D eigenvalue weighted by molar-refractivity contribution is 5.93. The fourth-order valence-electron chi connectivity index (χ4n) is 1.87. The Kier molecular flexibility index (Phi) is 8.99. The molecule has 0 aliphatic rings. The number of benzene rings is 1. The van der Waals surface area contributed by atoms with Crippen LogP contribution < -0.4 is 10.1 Å². The molecule has 0 saturated heterocycles. The highest BCUT2D eigenvalue weighted by Gasteiger charge is 2.08. The average molecular weight is 316 g/mol. The maximum Gasteiger partial charge on any atom is 0.350 e. The smallest absolute Gasteiger partial charge is 0.350 e. The molecular weight excluding hydrogens is 292 g/mol. The molecule has 0 aliphatic heterocycles. The predicted molar refractivity (Wildman–Crippen MR) is 90.0 cm³/mol. The summed E-state index contributed by atoms with van der Waals surface area (Å²) in [5.74, 6) is 0.177. The van der Waals surface area contributed by atoms with Crippen LogP contribution in [0.1, 0.15) is 39.5 Å². The zero-order valence-corrected chi connectivity index (χ0v) is 13.8. The van der Waals surface area contributed by atoms with E-state index in [-0.39, 0.29) is 12.2 Å². The minimum Gasteiger partial charge on any atom is -0.494 e. The largest absolute Gasteiger partial charge is 0.494 e. The molecule has 0 spiro atoms. The van der Waals surface area contributed by atoms with Crippen molar-refractivity contribution in [2.75, 3.05) is 18.5 Å². The van der Waals surface area contributed by atoms with Gasteiger partial charge in [-0.3, -0.25) is 0 Å². The Hall–Kier alpha value is -2.48. The van der Waals surface area contributed by atoms with Crippen LogP contribution in [0, 0.1) is 11.3 Å². The Morgan fingerprint density at radius 2 is 1.96 bits per heavy atom. The lowest BCUT2D eigenvalue weighted by atomic mass is 10.2. The molecule has 0 aromatic heterocycles. The van der Waals surface area contributed by atoms with Crippen LogP contribution in [-0.4, -0.2) is 19.2 Å². The zero-order chi connectivity index (χ0) is 16.9. The van der Waals surface area contributed by atoms with E-state index in [1.165, 1.54) is 25.5 Å². The Morgan fingerprint density at radius 3 is 2.57 bits per heavy atom. The van der Waals surface area contributed by atoms with Crippen LogP contribution in [0.25, 0.3) is 0 Å².